The number of rotatable bonds is 4. The Kier molecular flexibility index (Phi) is 4.44. The zero-order valence-corrected chi connectivity index (χ0v) is 10.9. The molecule has 2 rings (SSSR count). The molecule has 1 aromatic carbocycles. The monoisotopic (exact) mass is 250 g/mol. The Labute approximate surface area is 108 Å². The number of phenolic OH excluding ortho intramolecular Hbond substituents is 1. The zero-order valence-electron chi connectivity index (χ0n) is 10.9. The summed E-state index contributed by atoms with van der Waals surface area (Å²) in [4.78, 5) is 2.17. The number of hydrogen-bond acceptors (Lipinski definition) is 4. The maximum atomic E-state index is 9.78. The molecular formula is C14H22N2O2. The Balaban J connectivity index is 1.89. The lowest BCUT2D eigenvalue weighted by Crippen LogP contribution is -2.33. The summed E-state index contributed by atoms with van der Waals surface area (Å²) < 4.78 is 5.71. The number of nitrogen functional groups attached to an aromatic ring is 1. The first-order valence-electron chi connectivity index (χ1n) is 6.52. The summed E-state index contributed by atoms with van der Waals surface area (Å²) in [6.45, 7) is 2.47. The second kappa shape index (κ2) is 6.07. The van der Waals surface area contributed by atoms with Gasteiger partial charge in [0.1, 0.15) is 5.75 Å². The van der Waals surface area contributed by atoms with E-state index in [0.717, 1.165) is 25.1 Å². The van der Waals surface area contributed by atoms with E-state index < -0.39 is 0 Å². The summed E-state index contributed by atoms with van der Waals surface area (Å²) in [7, 11) is 2.04. The van der Waals surface area contributed by atoms with Crippen LogP contribution >= 0.6 is 0 Å². The molecule has 0 radical (unpaired) electrons. The Morgan fingerprint density at radius 1 is 1.44 bits per heavy atom. The van der Waals surface area contributed by atoms with Crippen molar-refractivity contribution in [3.8, 4) is 5.75 Å². The van der Waals surface area contributed by atoms with Gasteiger partial charge in [0.25, 0.3) is 0 Å². The Hall–Kier alpha value is -1.26. The Morgan fingerprint density at radius 3 is 3.00 bits per heavy atom. The fourth-order valence-corrected chi connectivity index (χ4v) is 2.39. The third-order valence-corrected chi connectivity index (χ3v) is 3.33. The molecule has 3 N–H and O–H groups in total. The molecule has 0 aromatic heterocycles. The highest BCUT2D eigenvalue weighted by Gasteiger charge is 2.16. The summed E-state index contributed by atoms with van der Waals surface area (Å²) in [6.07, 6.45) is 3.89. The average molecular weight is 250 g/mol. The molecule has 1 aliphatic heterocycles. The maximum absolute atomic E-state index is 9.78. The van der Waals surface area contributed by atoms with Crippen LogP contribution in [0, 0.1) is 0 Å². The van der Waals surface area contributed by atoms with Gasteiger partial charge in [-0.1, -0.05) is 0 Å². The van der Waals surface area contributed by atoms with Crippen LogP contribution < -0.4 is 5.73 Å². The number of phenols is 1. The van der Waals surface area contributed by atoms with Gasteiger partial charge in [0.15, 0.2) is 0 Å². The van der Waals surface area contributed by atoms with Crippen LogP contribution in [0.3, 0.4) is 0 Å². The van der Waals surface area contributed by atoms with Gasteiger partial charge in [-0.25, -0.2) is 0 Å². The van der Waals surface area contributed by atoms with Gasteiger partial charge >= 0.3 is 0 Å². The van der Waals surface area contributed by atoms with Crippen molar-refractivity contribution >= 4 is 5.69 Å². The predicted octanol–water partition coefficient (Wildman–Crippen LogP) is 1.98. The number of benzene rings is 1. The highest BCUT2D eigenvalue weighted by molar-refractivity contribution is 5.47. The minimum atomic E-state index is 0.306. The van der Waals surface area contributed by atoms with E-state index in [1.807, 2.05) is 13.1 Å². The van der Waals surface area contributed by atoms with Crippen molar-refractivity contribution in [3.05, 3.63) is 23.8 Å². The first kappa shape index (κ1) is 13.2. The van der Waals surface area contributed by atoms with E-state index in [2.05, 4.69) is 4.90 Å². The van der Waals surface area contributed by atoms with Gasteiger partial charge < -0.3 is 15.6 Å². The lowest BCUT2D eigenvalue weighted by molar-refractivity contribution is -0.00267. The second-order valence-electron chi connectivity index (χ2n) is 5.07. The minimum absolute atomic E-state index is 0.306. The average Bonchev–Trinajstić information content (AvgIpc) is 2.35. The van der Waals surface area contributed by atoms with E-state index in [1.54, 1.807) is 12.1 Å². The molecule has 0 amide bonds. The smallest absolute Gasteiger partial charge is 0.120 e. The van der Waals surface area contributed by atoms with Gasteiger partial charge in [-0.2, -0.15) is 0 Å². The molecule has 1 saturated heterocycles. The number of nitrogens with two attached hydrogens (primary N) is 1. The van der Waals surface area contributed by atoms with Crippen LogP contribution in [0.2, 0.25) is 0 Å². The molecule has 0 saturated carbocycles. The molecular weight excluding hydrogens is 228 g/mol. The van der Waals surface area contributed by atoms with Gasteiger partial charge in [-0.15, -0.1) is 0 Å². The molecule has 1 fully saturated rings. The van der Waals surface area contributed by atoms with Crippen LogP contribution in [0.1, 0.15) is 24.8 Å². The van der Waals surface area contributed by atoms with Crippen molar-refractivity contribution in [2.45, 2.75) is 31.9 Å². The molecule has 4 nitrogen and oxygen atoms in total. The molecule has 0 bridgehead atoms. The third-order valence-electron chi connectivity index (χ3n) is 3.33. The van der Waals surface area contributed by atoms with Crippen molar-refractivity contribution in [2.75, 3.05) is 25.9 Å². The molecule has 1 heterocycles. The lowest BCUT2D eigenvalue weighted by atomic mass is 10.1. The quantitative estimate of drug-likeness (QED) is 0.633. The molecule has 1 aliphatic rings. The molecule has 1 aromatic rings. The van der Waals surface area contributed by atoms with E-state index in [0.29, 0.717) is 24.1 Å². The Morgan fingerprint density at radius 2 is 2.28 bits per heavy atom. The normalized spacial score (nSPS) is 20.2. The van der Waals surface area contributed by atoms with Crippen molar-refractivity contribution in [2.24, 2.45) is 0 Å². The molecule has 4 heteroatoms. The highest BCUT2D eigenvalue weighted by Crippen LogP contribution is 2.22. The second-order valence-corrected chi connectivity index (χ2v) is 5.07. The lowest BCUT2D eigenvalue weighted by Gasteiger charge is -2.27. The molecule has 18 heavy (non-hydrogen) atoms. The van der Waals surface area contributed by atoms with E-state index in [4.69, 9.17) is 10.5 Å². The summed E-state index contributed by atoms with van der Waals surface area (Å²) in [6, 6.07) is 5.19. The number of likely N-dealkylation sites (N-methyl/N-ethyl adjacent to an activating group) is 1. The van der Waals surface area contributed by atoms with E-state index >= 15 is 0 Å². The Bertz CT molecular complexity index is 389. The van der Waals surface area contributed by atoms with E-state index in [-0.39, 0.29) is 0 Å². The predicted molar refractivity (Wildman–Crippen MR) is 72.4 cm³/mol. The summed E-state index contributed by atoms with van der Waals surface area (Å²) >= 11 is 0. The maximum Gasteiger partial charge on any atom is 0.120 e. The van der Waals surface area contributed by atoms with Gasteiger partial charge in [0.05, 0.1) is 6.10 Å². The fourth-order valence-electron chi connectivity index (χ4n) is 2.39. The molecule has 0 spiro atoms. The van der Waals surface area contributed by atoms with Crippen LogP contribution in [0.4, 0.5) is 5.69 Å². The van der Waals surface area contributed by atoms with Gasteiger partial charge in [0.2, 0.25) is 0 Å². The van der Waals surface area contributed by atoms with Crippen molar-refractivity contribution in [1.29, 1.82) is 0 Å². The van der Waals surface area contributed by atoms with Gasteiger partial charge in [0, 0.05) is 30.9 Å². The van der Waals surface area contributed by atoms with Crippen molar-refractivity contribution < 1.29 is 9.84 Å². The standard InChI is InChI=1S/C14H22N2O2/c1-16(10-13-4-2-3-7-18-13)9-11-8-12(15)5-6-14(11)17/h5-6,8,13,17H,2-4,7,9-10,15H2,1H3. The highest BCUT2D eigenvalue weighted by atomic mass is 16.5. The number of hydrogen-bond donors (Lipinski definition) is 2. The number of nitrogens with zero attached hydrogens (tertiary/aromatic N) is 1. The molecule has 1 unspecified atom stereocenters. The summed E-state index contributed by atoms with van der Waals surface area (Å²) in [5, 5.41) is 9.78. The summed E-state index contributed by atoms with van der Waals surface area (Å²) in [5.74, 6) is 0.306. The largest absolute Gasteiger partial charge is 0.508 e. The van der Waals surface area contributed by atoms with E-state index in [1.165, 1.54) is 12.8 Å². The van der Waals surface area contributed by atoms with Crippen LogP contribution in [-0.2, 0) is 11.3 Å². The zero-order chi connectivity index (χ0) is 13.0. The number of ether oxygens (including phenoxy) is 1. The molecule has 0 aliphatic carbocycles. The van der Waals surface area contributed by atoms with Crippen LogP contribution in [0.25, 0.3) is 0 Å². The number of anilines is 1. The van der Waals surface area contributed by atoms with Crippen LogP contribution in [-0.4, -0.2) is 36.3 Å². The van der Waals surface area contributed by atoms with Crippen molar-refractivity contribution in [1.82, 2.24) is 4.90 Å². The van der Waals surface area contributed by atoms with Gasteiger partial charge in [-0.05, 0) is 44.5 Å². The van der Waals surface area contributed by atoms with Crippen LogP contribution in [0.5, 0.6) is 5.75 Å². The number of aromatic hydroxyl groups is 1. The third kappa shape index (κ3) is 3.62. The molecule has 1 atom stereocenters. The first-order chi connectivity index (χ1) is 8.65. The van der Waals surface area contributed by atoms with E-state index in [9.17, 15) is 5.11 Å². The topological polar surface area (TPSA) is 58.7 Å². The SMILES string of the molecule is CN(Cc1cc(N)ccc1O)CC1CCCCO1. The fraction of sp³-hybridized carbons (Fsp3) is 0.571. The summed E-state index contributed by atoms with van der Waals surface area (Å²) in [5.41, 5.74) is 7.29. The first-order valence-corrected chi connectivity index (χ1v) is 6.52. The minimum Gasteiger partial charge on any atom is -0.508 e. The van der Waals surface area contributed by atoms with Crippen molar-refractivity contribution in [3.63, 3.8) is 0 Å². The van der Waals surface area contributed by atoms with Gasteiger partial charge in [-0.3, -0.25) is 4.90 Å². The molecule has 100 valence electrons. The van der Waals surface area contributed by atoms with Crippen LogP contribution in [0.15, 0.2) is 18.2 Å².